The molecular formula is C13H25N3OS. The molecule has 1 N–H and O–H groups in total. The van der Waals surface area contributed by atoms with Gasteiger partial charge in [0.15, 0.2) is 5.13 Å². The third kappa shape index (κ3) is 4.55. The molecule has 0 aliphatic carbocycles. The first-order valence-electron chi connectivity index (χ1n) is 6.63. The quantitative estimate of drug-likeness (QED) is 0.700. The van der Waals surface area contributed by atoms with Gasteiger partial charge in [-0.2, -0.15) is 0 Å². The van der Waals surface area contributed by atoms with E-state index >= 15 is 0 Å². The van der Waals surface area contributed by atoms with Crippen molar-refractivity contribution in [3.63, 3.8) is 0 Å². The lowest BCUT2D eigenvalue weighted by Crippen LogP contribution is -2.32. The van der Waals surface area contributed by atoms with Gasteiger partial charge in [0.2, 0.25) is 0 Å². The van der Waals surface area contributed by atoms with Crippen LogP contribution in [-0.2, 0) is 11.3 Å². The van der Waals surface area contributed by atoms with Crippen LogP contribution in [0, 0.1) is 0 Å². The standard InChI is InChI=1S/C13H25N3OS/c1-5-11(3)16(6-2)13-15-12(10-18-13)9-14-7-8-17-4/h10-11,14H,5-9H2,1-4H3. The van der Waals surface area contributed by atoms with Crippen molar-refractivity contribution in [3.8, 4) is 0 Å². The number of hydrogen-bond acceptors (Lipinski definition) is 5. The molecule has 0 radical (unpaired) electrons. The SMILES string of the molecule is CCC(C)N(CC)c1nc(CNCCOC)cs1. The van der Waals surface area contributed by atoms with Crippen LogP contribution in [0.1, 0.15) is 32.9 Å². The van der Waals surface area contributed by atoms with Crippen molar-refractivity contribution in [2.45, 2.75) is 39.8 Å². The Morgan fingerprint density at radius 2 is 2.28 bits per heavy atom. The van der Waals surface area contributed by atoms with Crippen LogP contribution in [-0.4, -0.2) is 37.8 Å². The second kappa shape index (κ2) is 8.45. The molecule has 4 nitrogen and oxygen atoms in total. The first kappa shape index (κ1) is 15.4. The summed E-state index contributed by atoms with van der Waals surface area (Å²) in [7, 11) is 1.72. The first-order chi connectivity index (χ1) is 8.72. The number of hydrogen-bond donors (Lipinski definition) is 1. The largest absolute Gasteiger partial charge is 0.383 e. The van der Waals surface area contributed by atoms with E-state index < -0.39 is 0 Å². The number of aromatic nitrogens is 1. The molecule has 1 heterocycles. The Labute approximate surface area is 114 Å². The second-order valence-corrected chi connectivity index (χ2v) is 5.17. The predicted octanol–water partition coefficient (Wildman–Crippen LogP) is 2.50. The summed E-state index contributed by atoms with van der Waals surface area (Å²) in [6.45, 7) is 10.1. The second-order valence-electron chi connectivity index (χ2n) is 4.33. The van der Waals surface area contributed by atoms with E-state index in [0.717, 1.165) is 43.5 Å². The van der Waals surface area contributed by atoms with E-state index in [9.17, 15) is 0 Å². The van der Waals surface area contributed by atoms with Gasteiger partial charge in [-0.05, 0) is 20.3 Å². The average molecular weight is 271 g/mol. The van der Waals surface area contributed by atoms with Gasteiger partial charge in [0.25, 0.3) is 0 Å². The number of nitrogens with one attached hydrogen (secondary N) is 1. The molecule has 104 valence electrons. The van der Waals surface area contributed by atoms with Crippen LogP contribution >= 0.6 is 11.3 Å². The van der Waals surface area contributed by atoms with E-state index in [1.54, 1.807) is 18.4 Å². The minimum Gasteiger partial charge on any atom is -0.383 e. The molecule has 0 saturated carbocycles. The molecule has 1 aromatic heterocycles. The lowest BCUT2D eigenvalue weighted by molar-refractivity contribution is 0.199. The molecule has 1 aromatic rings. The Kier molecular flexibility index (Phi) is 7.23. The normalized spacial score (nSPS) is 12.7. The number of rotatable bonds is 9. The van der Waals surface area contributed by atoms with Crippen molar-refractivity contribution < 1.29 is 4.74 Å². The fourth-order valence-electron chi connectivity index (χ4n) is 1.76. The van der Waals surface area contributed by atoms with Gasteiger partial charge in [-0.3, -0.25) is 0 Å². The molecule has 5 heteroatoms. The topological polar surface area (TPSA) is 37.4 Å². The van der Waals surface area contributed by atoms with Crippen molar-refractivity contribution in [3.05, 3.63) is 11.1 Å². The van der Waals surface area contributed by atoms with Crippen molar-refractivity contribution in [2.75, 3.05) is 31.7 Å². The highest BCUT2D eigenvalue weighted by atomic mass is 32.1. The molecule has 0 fully saturated rings. The summed E-state index contributed by atoms with van der Waals surface area (Å²) in [4.78, 5) is 7.05. The summed E-state index contributed by atoms with van der Waals surface area (Å²) in [5, 5.41) is 6.59. The van der Waals surface area contributed by atoms with Crippen molar-refractivity contribution >= 4 is 16.5 Å². The fraction of sp³-hybridized carbons (Fsp3) is 0.769. The number of nitrogens with zero attached hydrogens (tertiary/aromatic N) is 2. The third-order valence-corrected chi connectivity index (χ3v) is 3.96. The zero-order valence-corrected chi connectivity index (χ0v) is 12.7. The average Bonchev–Trinajstić information content (AvgIpc) is 2.84. The van der Waals surface area contributed by atoms with Crippen LogP contribution < -0.4 is 10.2 Å². The highest BCUT2D eigenvalue weighted by molar-refractivity contribution is 7.13. The van der Waals surface area contributed by atoms with Crippen molar-refractivity contribution in [1.29, 1.82) is 0 Å². The molecule has 0 aromatic carbocycles. The molecular weight excluding hydrogens is 246 g/mol. The Bertz CT molecular complexity index is 330. The van der Waals surface area contributed by atoms with Gasteiger partial charge in [-0.1, -0.05) is 6.92 Å². The third-order valence-electron chi connectivity index (χ3n) is 3.04. The summed E-state index contributed by atoms with van der Waals surface area (Å²) >= 11 is 1.73. The van der Waals surface area contributed by atoms with Crippen LogP contribution in [0.25, 0.3) is 0 Å². The maximum Gasteiger partial charge on any atom is 0.185 e. The summed E-state index contributed by atoms with van der Waals surface area (Å²) < 4.78 is 5.00. The number of anilines is 1. The smallest absolute Gasteiger partial charge is 0.185 e. The van der Waals surface area contributed by atoms with E-state index in [4.69, 9.17) is 4.74 Å². The molecule has 0 bridgehead atoms. The fourth-order valence-corrected chi connectivity index (χ4v) is 2.75. The Hall–Kier alpha value is -0.650. The maximum atomic E-state index is 5.00. The summed E-state index contributed by atoms with van der Waals surface area (Å²) in [5.41, 5.74) is 1.12. The van der Waals surface area contributed by atoms with Crippen LogP contribution in [0.2, 0.25) is 0 Å². The van der Waals surface area contributed by atoms with Crippen molar-refractivity contribution in [1.82, 2.24) is 10.3 Å². The molecule has 1 unspecified atom stereocenters. The number of methoxy groups -OCH3 is 1. The molecule has 0 aliphatic heterocycles. The molecule has 1 atom stereocenters. The van der Waals surface area contributed by atoms with Crippen LogP contribution in [0.3, 0.4) is 0 Å². The molecule has 18 heavy (non-hydrogen) atoms. The molecule has 1 rings (SSSR count). The monoisotopic (exact) mass is 271 g/mol. The Balaban J connectivity index is 2.50. The van der Waals surface area contributed by atoms with E-state index in [1.165, 1.54) is 0 Å². The van der Waals surface area contributed by atoms with E-state index in [-0.39, 0.29) is 0 Å². The maximum absolute atomic E-state index is 5.00. The Morgan fingerprint density at radius 3 is 2.89 bits per heavy atom. The van der Waals surface area contributed by atoms with Gasteiger partial charge in [-0.25, -0.2) is 4.98 Å². The lowest BCUT2D eigenvalue weighted by atomic mass is 10.2. The van der Waals surface area contributed by atoms with Gasteiger partial charge in [0, 0.05) is 38.2 Å². The van der Waals surface area contributed by atoms with E-state index in [0.29, 0.717) is 6.04 Å². The predicted molar refractivity (Wildman–Crippen MR) is 78.5 cm³/mol. The zero-order chi connectivity index (χ0) is 13.4. The Morgan fingerprint density at radius 1 is 1.50 bits per heavy atom. The minimum absolute atomic E-state index is 0.551. The van der Waals surface area contributed by atoms with Crippen LogP contribution in [0.5, 0.6) is 0 Å². The van der Waals surface area contributed by atoms with Crippen molar-refractivity contribution in [2.24, 2.45) is 0 Å². The van der Waals surface area contributed by atoms with Gasteiger partial charge in [0.05, 0.1) is 12.3 Å². The van der Waals surface area contributed by atoms with Gasteiger partial charge in [-0.15, -0.1) is 11.3 Å². The van der Waals surface area contributed by atoms with Gasteiger partial charge in [0.1, 0.15) is 0 Å². The number of ether oxygens (including phenoxy) is 1. The molecule has 0 saturated heterocycles. The van der Waals surface area contributed by atoms with Crippen LogP contribution in [0.15, 0.2) is 5.38 Å². The van der Waals surface area contributed by atoms with Gasteiger partial charge < -0.3 is 15.0 Å². The van der Waals surface area contributed by atoms with Gasteiger partial charge >= 0.3 is 0 Å². The lowest BCUT2D eigenvalue weighted by Gasteiger charge is -2.26. The summed E-state index contributed by atoms with van der Waals surface area (Å²) in [5.74, 6) is 0. The zero-order valence-electron chi connectivity index (χ0n) is 11.9. The highest BCUT2D eigenvalue weighted by Gasteiger charge is 2.14. The number of thiazole rings is 1. The molecule has 0 spiro atoms. The molecule has 0 amide bonds. The van der Waals surface area contributed by atoms with E-state index in [2.05, 4.69) is 41.4 Å². The van der Waals surface area contributed by atoms with Crippen LogP contribution in [0.4, 0.5) is 5.13 Å². The summed E-state index contributed by atoms with van der Waals surface area (Å²) in [6.07, 6.45) is 1.15. The minimum atomic E-state index is 0.551. The first-order valence-corrected chi connectivity index (χ1v) is 7.51. The summed E-state index contributed by atoms with van der Waals surface area (Å²) in [6, 6.07) is 0.551. The van der Waals surface area contributed by atoms with E-state index in [1.807, 2.05) is 0 Å². The molecule has 0 aliphatic rings. The highest BCUT2D eigenvalue weighted by Crippen LogP contribution is 2.23.